The Morgan fingerprint density at radius 3 is 2.52 bits per heavy atom. The molecular weight excluding hydrogens is 581 g/mol. The van der Waals surface area contributed by atoms with E-state index in [4.69, 9.17) is 9.47 Å². The number of likely N-dealkylation sites (tertiary alicyclic amines) is 1. The lowest BCUT2D eigenvalue weighted by Crippen LogP contribution is -2.41. The number of hydrogen-bond acceptors (Lipinski definition) is 7. The number of phenolic OH excluding ortho intramolecular Hbond substituents is 1. The van der Waals surface area contributed by atoms with Gasteiger partial charge >= 0.3 is 14.4 Å². The Kier molecular flexibility index (Phi) is 8.16. The molecule has 2 aromatic carbocycles. The Balaban J connectivity index is 1.89. The standard InChI is InChI=1S/C22H22Br2NO7P/c1-3-31-21(28)17-5-4-8-25(17)20(27)14-11-13(6-7-18(14)26)32-19-15(23)9-12(10-16(19)24)22(2,29)33-30/h6-7,9-11,17,26,29H,3-5,8H2,1-2H3/p+1. The highest BCUT2D eigenvalue weighted by Crippen LogP contribution is 2.43. The van der Waals surface area contributed by atoms with Crippen molar-refractivity contribution in [2.45, 2.75) is 38.1 Å². The normalized spacial score (nSPS) is 17.6. The first-order valence-electron chi connectivity index (χ1n) is 10.2. The Labute approximate surface area is 209 Å². The van der Waals surface area contributed by atoms with Gasteiger partial charge in [0.1, 0.15) is 17.5 Å². The number of rotatable bonds is 7. The largest absolute Gasteiger partial charge is 0.507 e. The molecule has 3 unspecified atom stereocenters. The first-order valence-corrected chi connectivity index (χ1v) is 12.7. The van der Waals surface area contributed by atoms with Crippen molar-refractivity contribution in [1.82, 2.24) is 4.90 Å². The van der Waals surface area contributed by atoms with Crippen LogP contribution in [0.15, 0.2) is 39.3 Å². The molecule has 0 aromatic heterocycles. The lowest BCUT2D eigenvalue weighted by Gasteiger charge is -2.23. The number of halogens is 2. The molecule has 0 radical (unpaired) electrons. The number of benzene rings is 2. The molecule has 33 heavy (non-hydrogen) atoms. The second-order valence-corrected chi connectivity index (χ2v) is 10.5. The summed E-state index contributed by atoms with van der Waals surface area (Å²) in [4.78, 5) is 26.8. The van der Waals surface area contributed by atoms with Crippen LogP contribution in [-0.2, 0) is 19.4 Å². The number of hydrogen-bond donors (Lipinski definition) is 2. The number of carbonyl (C=O) groups is 2. The maximum atomic E-state index is 13.1. The van der Waals surface area contributed by atoms with Crippen molar-refractivity contribution in [3.8, 4) is 17.2 Å². The van der Waals surface area contributed by atoms with Gasteiger partial charge in [-0.1, -0.05) is 4.57 Å². The molecule has 0 aliphatic carbocycles. The van der Waals surface area contributed by atoms with Crippen LogP contribution in [-0.4, -0.2) is 46.2 Å². The molecule has 1 heterocycles. The van der Waals surface area contributed by atoms with E-state index in [-0.39, 0.29) is 23.7 Å². The first-order chi connectivity index (χ1) is 15.6. The van der Waals surface area contributed by atoms with Crippen molar-refractivity contribution in [2.75, 3.05) is 13.2 Å². The number of aromatic hydroxyl groups is 1. The molecule has 2 aromatic rings. The summed E-state index contributed by atoms with van der Waals surface area (Å²) in [6.45, 7) is 3.74. The van der Waals surface area contributed by atoms with Crippen molar-refractivity contribution in [2.24, 2.45) is 0 Å². The van der Waals surface area contributed by atoms with Crippen LogP contribution in [0.1, 0.15) is 42.6 Å². The number of phenols is 1. The predicted molar refractivity (Wildman–Crippen MR) is 129 cm³/mol. The van der Waals surface area contributed by atoms with Crippen molar-refractivity contribution in [3.05, 3.63) is 50.4 Å². The molecule has 11 heteroatoms. The Morgan fingerprint density at radius 2 is 1.91 bits per heavy atom. The Morgan fingerprint density at radius 1 is 1.24 bits per heavy atom. The molecule has 1 saturated heterocycles. The van der Waals surface area contributed by atoms with Crippen LogP contribution in [0.2, 0.25) is 0 Å². The smallest absolute Gasteiger partial charge is 0.364 e. The zero-order valence-corrected chi connectivity index (χ0v) is 22.1. The van der Waals surface area contributed by atoms with Gasteiger partial charge in [0.25, 0.3) is 11.2 Å². The summed E-state index contributed by atoms with van der Waals surface area (Å²) >= 11 is 6.78. The van der Waals surface area contributed by atoms with E-state index in [2.05, 4.69) is 31.9 Å². The van der Waals surface area contributed by atoms with E-state index >= 15 is 0 Å². The molecule has 0 spiro atoms. The van der Waals surface area contributed by atoms with E-state index in [1.165, 1.54) is 30.0 Å². The van der Waals surface area contributed by atoms with E-state index < -0.39 is 31.7 Å². The summed E-state index contributed by atoms with van der Waals surface area (Å²) < 4.78 is 23.3. The van der Waals surface area contributed by atoms with Crippen molar-refractivity contribution in [1.29, 1.82) is 0 Å². The van der Waals surface area contributed by atoms with Gasteiger partial charge in [-0.2, -0.15) is 0 Å². The summed E-state index contributed by atoms with van der Waals surface area (Å²) in [6.07, 6.45) is 1.16. The molecule has 1 aliphatic rings. The third-order valence-corrected chi connectivity index (χ3v) is 7.11. The first kappa shape index (κ1) is 25.6. The van der Waals surface area contributed by atoms with Gasteiger partial charge in [-0.15, -0.1) is 0 Å². The summed E-state index contributed by atoms with van der Waals surface area (Å²) in [5, 5.41) is 19.1. The molecule has 3 atom stereocenters. The molecule has 3 rings (SSSR count). The zero-order chi connectivity index (χ0) is 24.3. The summed E-state index contributed by atoms with van der Waals surface area (Å²) in [5.41, 5.74) is 0.422. The van der Waals surface area contributed by atoms with E-state index in [0.717, 1.165) is 0 Å². The molecule has 8 nitrogen and oxygen atoms in total. The molecule has 0 saturated carbocycles. The minimum absolute atomic E-state index is 0.00283. The SMILES string of the molecule is CCOC(=O)C1CCCN1C(=O)c1cc(Oc2c(Br)cc(C(C)(O)[PH+]=O)cc2Br)ccc1O. The van der Waals surface area contributed by atoms with Crippen LogP contribution in [0.25, 0.3) is 0 Å². The second-order valence-electron chi connectivity index (χ2n) is 7.63. The van der Waals surface area contributed by atoms with Gasteiger partial charge < -0.3 is 24.6 Å². The van der Waals surface area contributed by atoms with Gasteiger partial charge in [0.15, 0.2) is 5.75 Å². The second kappa shape index (κ2) is 10.5. The molecular formula is C22H23Br2NO7P+. The van der Waals surface area contributed by atoms with Crippen molar-refractivity contribution in [3.63, 3.8) is 0 Å². The third kappa shape index (κ3) is 5.57. The fourth-order valence-corrected chi connectivity index (χ4v) is 5.12. The number of nitrogens with zero attached hydrogens (tertiary/aromatic N) is 1. The number of ether oxygens (including phenoxy) is 2. The minimum Gasteiger partial charge on any atom is -0.507 e. The lowest BCUT2D eigenvalue weighted by molar-refractivity contribution is -0.147. The highest BCUT2D eigenvalue weighted by Gasteiger charge is 2.37. The van der Waals surface area contributed by atoms with Crippen LogP contribution in [0.5, 0.6) is 17.2 Å². The van der Waals surface area contributed by atoms with Crippen LogP contribution < -0.4 is 4.74 Å². The molecule has 1 aliphatic heterocycles. The zero-order valence-electron chi connectivity index (χ0n) is 17.9. The number of esters is 1. The fraction of sp³-hybridized carbons (Fsp3) is 0.364. The monoisotopic (exact) mass is 602 g/mol. The van der Waals surface area contributed by atoms with Crippen LogP contribution in [0.4, 0.5) is 0 Å². The third-order valence-electron chi connectivity index (χ3n) is 5.25. The van der Waals surface area contributed by atoms with E-state index in [1.807, 2.05) is 0 Å². The van der Waals surface area contributed by atoms with Crippen molar-refractivity contribution < 1.29 is 33.8 Å². The van der Waals surface area contributed by atoms with Crippen LogP contribution >= 0.6 is 40.3 Å². The molecule has 176 valence electrons. The summed E-state index contributed by atoms with van der Waals surface area (Å²) in [6, 6.07) is 6.74. The molecule has 0 bridgehead atoms. The fourth-order valence-electron chi connectivity index (χ4n) is 3.51. The average molecular weight is 604 g/mol. The minimum atomic E-state index is -1.52. The average Bonchev–Trinajstić information content (AvgIpc) is 3.27. The maximum absolute atomic E-state index is 13.1. The summed E-state index contributed by atoms with van der Waals surface area (Å²) in [5.74, 6) is -0.553. The predicted octanol–water partition coefficient (Wildman–Crippen LogP) is 5.07. The van der Waals surface area contributed by atoms with E-state index in [9.17, 15) is 24.4 Å². The van der Waals surface area contributed by atoms with Crippen molar-refractivity contribution >= 4 is 52.2 Å². The summed E-state index contributed by atoms with van der Waals surface area (Å²) in [7, 11) is -0.963. The number of amides is 1. The van der Waals surface area contributed by atoms with Crippen LogP contribution in [0.3, 0.4) is 0 Å². The van der Waals surface area contributed by atoms with Gasteiger partial charge in [-0.05, 0) is 82.0 Å². The quantitative estimate of drug-likeness (QED) is 0.336. The van der Waals surface area contributed by atoms with Crippen LogP contribution in [0, 0.1) is 0 Å². The van der Waals surface area contributed by atoms with Gasteiger partial charge in [-0.3, -0.25) is 4.79 Å². The molecule has 1 fully saturated rings. The van der Waals surface area contributed by atoms with Gasteiger partial charge in [0, 0.05) is 19.0 Å². The maximum Gasteiger partial charge on any atom is 0.364 e. The number of carbonyl (C=O) groups excluding carboxylic acids is 2. The molecule has 2 N–H and O–H groups in total. The van der Waals surface area contributed by atoms with Gasteiger partial charge in [0.2, 0.25) is 0 Å². The van der Waals surface area contributed by atoms with E-state index in [1.54, 1.807) is 19.1 Å². The molecule has 1 amide bonds. The van der Waals surface area contributed by atoms with E-state index in [0.29, 0.717) is 39.6 Å². The Hall–Kier alpha value is -2.00. The van der Waals surface area contributed by atoms with Gasteiger partial charge in [0.05, 0.1) is 21.1 Å². The topological polar surface area (TPSA) is 113 Å². The lowest BCUT2D eigenvalue weighted by atomic mass is 10.1. The number of aliphatic hydroxyl groups is 1. The van der Waals surface area contributed by atoms with Gasteiger partial charge in [-0.25, -0.2) is 4.79 Å². The Bertz CT molecular complexity index is 1070. The highest BCUT2D eigenvalue weighted by atomic mass is 79.9. The highest BCUT2D eigenvalue weighted by molar-refractivity contribution is 9.11.